The van der Waals surface area contributed by atoms with E-state index in [0.717, 1.165) is 11.4 Å². The van der Waals surface area contributed by atoms with Crippen LogP contribution >= 0.6 is 0 Å². The number of amides is 2. The molecule has 1 aliphatic rings. The van der Waals surface area contributed by atoms with Gasteiger partial charge >= 0.3 is 6.03 Å². The second-order valence-electron chi connectivity index (χ2n) is 3.40. The van der Waals surface area contributed by atoms with Gasteiger partial charge in [-0.25, -0.2) is 9.28 Å². The second-order valence-corrected chi connectivity index (χ2v) is 3.40. The molecule has 3 nitrogen and oxygen atoms in total. The zero-order chi connectivity index (χ0) is 8.77. The average molecular weight is 163 g/mol. The minimum absolute atomic E-state index is 0.0243. The number of para-hydroxylation sites is 2. The maximum atomic E-state index is 11.4. The molecule has 62 valence electrons. The first kappa shape index (κ1) is 7.31. The molecule has 0 atom stereocenters. The Morgan fingerprint density at radius 3 is 2.58 bits per heavy atom. The number of nitrogens with one attached hydrogen (secondary N) is 1. The van der Waals surface area contributed by atoms with E-state index in [2.05, 4.69) is 5.32 Å². The largest absolute Gasteiger partial charge is 0.425 e. The Labute approximate surface area is 71.2 Å². The fraction of sp³-hybridized carbons (Fsp3) is 0.222. The van der Waals surface area contributed by atoms with Crippen LogP contribution < -0.4 is 9.80 Å². The van der Waals surface area contributed by atoms with E-state index in [9.17, 15) is 4.79 Å². The number of benzene rings is 1. The predicted octanol–water partition coefficient (Wildman–Crippen LogP) is 1.80. The van der Waals surface area contributed by atoms with Crippen LogP contribution in [0.25, 0.3) is 0 Å². The molecule has 1 N–H and O–H groups in total. The van der Waals surface area contributed by atoms with E-state index >= 15 is 0 Å². The number of nitrogens with zero attached hydrogens (tertiary/aromatic N) is 1. The zero-order valence-electron chi connectivity index (χ0n) is 7.16. The minimum atomic E-state index is 0.0243. The maximum Gasteiger partial charge on any atom is 0.425 e. The highest BCUT2D eigenvalue weighted by molar-refractivity contribution is 6.07. The number of hydrogen-bond acceptors (Lipinski definition) is 1. The molecule has 1 aliphatic heterocycles. The smallest absolute Gasteiger partial charge is 0.269 e. The number of carbonyl (C=O) groups excluding carboxylic acids is 1. The fourth-order valence-corrected chi connectivity index (χ4v) is 1.43. The topological polar surface area (TPSA) is 29.1 Å². The van der Waals surface area contributed by atoms with Gasteiger partial charge < -0.3 is 0 Å². The summed E-state index contributed by atoms with van der Waals surface area (Å²) in [6.45, 7) is 0. The SMILES string of the molecule is C[N+]1(C)C(=O)Nc2ccccc21. The van der Waals surface area contributed by atoms with E-state index in [1.54, 1.807) is 0 Å². The molecule has 1 aromatic carbocycles. The molecular formula is C9H11N2O+. The highest BCUT2D eigenvalue weighted by Gasteiger charge is 2.38. The Morgan fingerprint density at radius 1 is 1.25 bits per heavy atom. The summed E-state index contributed by atoms with van der Waals surface area (Å²) in [5.41, 5.74) is 1.95. The molecule has 0 saturated heterocycles. The summed E-state index contributed by atoms with van der Waals surface area (Å²) in [5, 5.41) is 2.82. The number of quaternary nitrogens is 1. The van der Waals surface area contributed by atoms with Crippen LogP contribution in [0.3, 0.4) is 0 Å². The van der Waals surface area contributed by atoms with Crippen LogP contribution in [0.2, 0.25) is 0 Å². The third kappa shape index (κ3) is 0.769. The summed E-state index contributed by atoms with van der Waals surface area (Å²) in [5.74, 6) is 0. The molecule has 0 aromatic heterocycles. The molecule has 0 bridgehead atoms. The molecule has 1 heterocycles. The highest BCUT2D eigenvalue weighted by Crippen LogP contribution is 2.34. The standard InChI is InChI=1S/C9H10N2O/c1-11(2)8-6-4-3-5-7(8)10-9(11)12/h3-6H,1-2H3/p+1. The number of anilines is 1. The van der Waals surface area contributed by atoms with Gasteiger partial charge in [-0.2, -0.15) is 0 Å². The summed E-state index contributed by atoms with van der Waals surface area (Å²) in [6, 6.07) is 7.77. The van der Waals surface area contributed by atoms with Crippen LogP contribution in [0.15, 0.2) is 24.3 Å². The van der Waals surface area contributed by atoms with E-state index in [0.29, 0.717) is 0 Å². The summed E-state index contributed by atoms with van der Waals surface area (Å²) < 4.78 is 0.288. The van der Waals surface area contributed by atoms with E-state index in [-0.39, 0.29) is 10.5 Å². The van der Waals surface area contributed by atoms with Gasteiger partial charge in [-0.05, 0) is 6.07 Å². The van der Waals surface area contributed by atoms with Gasteiger partial charge in [0.15, 0.2) is 5.69 Å². The van der Waals surface area contributed by atoms with Gasteiger partial charge in [0.2, 0.25) is 0 Å². The summed E-state index contributed by atoms with van der Waals surface area (Å²) in [4.78, 5) is 11.4. The van der Waals surface area contributed by atoms with Crippen molar-refractivity contribution in [2.75, 3.05) is 19.4 Å². The van der Waals surface area contributed by atoms with E-state index in [1.165, 1.54) is 0 Å². The molecule has 0 fully saturated rings. The first-order valence-electron chi connectivity index (χ1n) is 3.87. The molecule has 0 radical (unpaired) electrons. The number of carbonyl (C=O) groups is 1. The van der Waals surface area contributed by atoms with Crippen LogP contribution in [-0.2, 0) is 0 Å². The van der Waals surface area contributed by atoms with Crippen molar-refractivity contribution in [3.05, 3.63) is 24.3 Å². The molecule has 0 spiro atoms. The van der Waals surface area contributed by atoms with Gasteiger partial charge in [-0.15, -0.1) is 0 Å². The van der Waals surface area contributed by atoms with Crippen molar-refractivity contribution in [3.63, 3.8) is 0 Å². The van der Waals surface area contributed by atoms with Crippen LogP contribution in [0.4, 0.5) is 16.2 Å². The first-order chi connectivity index (χ1) is 5.62. The lowest BCUT2D eigenvalue weighted by Gasteiger charge is -2.18. The lowest BCUT2D eigenvalue weighted by Crippen LogP contribution is -2.44. The van der Waals surface area contributed by atoms with Crippen molar-refractivity contribution < 1.29 is 4.79 Å². The monoisotopic (exact) mass is 163 g/mol. The Balaban J connectivity index is 2.63. The zero-order valence-corrected chi connectivity index (χ0v) is 7.16. The number of rotatable bonds is 0. The molecule has 0 aliphatic carbocycles. The quantitative estimate of drug-likeness (QED) is 0.580. The van der Waals surface area contributed by atoms with Crippen molar-refractivity contribution in [2.24, 2.45) is 0 Å². The summed E-state index contributed by atoms with van der Waals surface area (Å²) in [7, 11) is 3.75. The second kappa shape index (κ2) is 2.08. The van der Waals surface area contributed by atoms with Gasteiger partial charge in [0.25, 0.3) is 0 Å². The van der Waals surface area contributed by atoms with E-state index < -0.39 is 0 Å². The van der Waals surface area contributed by atoms with Crippen molar-refractivity contribution >= 4 is 17.4 Å². The number of hydrogen-bond donors (Lipinski definition) is 1. The van der Waals surface area contributed by atoms with Crippen LogP contribution in [0, 0.1) is 0 Å². The molecule has 2 rings (SSSR count). The molecule has 0 unspecified atom stereocenters. The molecule has 3 heteroatoms. The van der Waals surface area contributed by atoms with Gasteiger partial charge in [-0.3, -0.25) is 5.32 Å². The van der Waals surface area contributed by atoms with E-state index in [1.807, 2.05) is 38.4 Å². The third-order valence-electron chi connectivity index (χ3n) is 2.26. The fourth-order valence-electron chi connectivity index (χ4n) is 1.43. The molecule has 12 heavy (non-hydrogen) atoms. The van der Waals surface area contributed by atoms with Crippen molar-refractivity contribution in [2.45, 2.75) is 0 Å². The van der Waals surface area contributed by atoms with Gasteiger partial charge in [-0.1, -0.05) is 12.1 Å². The van der Waals surface area contributed by atoms with Gasteiger partial charge in [0.1, 0.15) is 5.69 Å². The number of urea groups is 1. The normalized spacial score (nSPS) is 18.7. The van der Waals surface area contributed by atoms with Crippen LogP contribution in [0.5, 0.6) is 0 Å². The summed E-state index contributed by atoms with van der Waals surface area (Å²) in [6.07, 6.45) is 0. The lowest BCUT2D eigenvalue weighted by atomic mass is 10.2. The Kier molecular flexibility index (Phi) is 1.26. The molecule has 0 saturated carbocycles. The summed E-state index contributed by atoms with van der Waals surface area (Å²) >= 11 is 0. The average Bonchev–Trinajstić information content (AvgIpc) is 2.25. The van der Waals surface area contributed by atoms with E-state index in [4.69, 9.17) is 0 Å². The van der Waals surface area contributed by atoms with Gasteiger partial charge in [0.05, 0.1) is 14.1 Å². The highest BCUT2D eigenvalue weighted by atomic mass is 16.2. The Morgan fingerprint density at radius 2 is 1.92 bits per heavy atom. The number of fused-ring (bicyclic) bond motifs is 1. The Bertz CT molecular complexity index is 344. The van der Waals surface area contributed by atoms with Gasteiger partial charge in [0, 0.05) is 6.07 Å². The Hall–Kier alpha value is -1.35. The minimum Gasteiger partial charge on any atom is -0.269 e. The molecule has 1 aromatic rings. The van der Waals surface area contributed by atoms with Crippen LogP contribution in [0.1, 0.15) is 0 Å². The van der Waals surface area contributed by atoms with Crippen LogP contribution in [-0.4, -0.2) is 20.1 Å². The van der Waals surface area contributed by atoms with Crippen molar-refractivity contribution in [1.82, 2.24) is 4.48 Å². The predicted molar refractivity (Wildman–Crippen MR) is 49.1 cm³/mol. The molecule has 2 amide bonds. The van der Waals surface area contributed by atoms with Crippen molar-refractivity contribution in [1.29, 1.82) is 0 Å². The molecular weight excluding hydrogens is 152 g/mol. The first-order valence-corrected chi connectivity index (χ1v) is 3.87. The lowest BCUT2D eigenvalue weighted by molar-refractivity contribution is 0.233. The maximum absolute atomic E-state index is 11.4. The third-order valence-corrected chi connectivity index (χ3v) is 2.26. The van der Waals surface area contributed by atoms with Crippen molar-refractivity contribution in [3.8, 4) is 0 Å².